The topological polar surface area (TPSA) is 69.0 Å². The molecule has 0 bridgehead atoms. The molecule has 1 aliphatic heterocycles. The molecule has 1 N–H and O–H groups in total. The van der Waals surface area contributed by atoms with E-state index in [1.165, 1.54) is 4.68 Å². The fraction of sp³-hybridized carbons (Fsp3) is 0.400. The first kappa shape index (κ1) is 13.8. The Morgan fingerprint density at radius 1 is 1.24 bits per heavy atom. The molecule has 2 aromatic rings. The second-order valence-electron chi connectivity index (χ2n) is 5.30. The fourth-order valence-electron chi connectivity index (χ4n) is 2.53. The zero-order valence-corrected chi connectivity index (χ0v) is 12.1. The van der Waals surface area contributed by atoms with Crippen LogP contribution >= 0.6 is 0 Å². The zero-order chi connectivity index (χ0) is 14.8. The lowest BCUT2D eigenvalue weighted by Gasteiger charge is -2.21. The van der Waals surface area contributed by atoms with Crippen molar-refractivity contribution < 1.29 is 4.74 Å². The average molecular weight is 286 g/mol. The van der Waals surface area contributed by atoms with Crippen LogP contribution in [0.4, 0.5) is 5.69 Å². The van der Waals surface area contributed by atoms with Gasteiger partial charge in [-0.05, 0) is 32.0 Å². The quantitative estimate of drug-likeness (QED) is 0.921. The van der Waals surface area contributed by atoms with Gasteiger partial charge in [0.25, 0.3) is 5.56 Å². The molecule has 3 rings (SSSR count). The Balaban J connectivity index is 1.85. The Morgan fingerprint density at radius 2 is 2.10 bits per heavy atom. The second kappa shape index (κ2) is 5.65. The van der Waals surface area contributed by atoms with E-state index in [1.54, 1.807) is 18.3 Å². The highest BCUT2D eigenvalue weighted by Crippen LogP contribution is 2.21. The highest BCUT2D eigenvalue weighted by molar-refractivity contribution is 5.44. The van der Waals surface area contributed by atoms with E-state index in [0.29, 0.717) is 13.2 Å². The van der Waals surface area contributed by atoms with Crippen LogP contribution in [0.3, 0.4) is 0 Å². The molecule has 3 heterocycles. The number of nitrogens with one attached hydrogen (secondary N) is 1. The van der Waals surface area contributed by atoms with E-state index in [-0.39, 0.29) is 17.6 Å². The van der Waals surface area contributed by atoms with Crippen LogP contribution in [0.2, 0.25) is 0 Å². The summed E-state index contributed by atoms with van der Waals surface area (Å²) in [7, 11) is 0. The lowest BCUT2D eigenvalue weighted by molar-refractivity contribution is 0.182. The van der Waals surface area contributed by atoms with Gasteiger partial charge in [-0.1, -0.05) is 0 Å². The summed E-state index contributed by atoms with van der Waals surface area (Å²) in [5, 5.41) is 7.75. The summed E-state index contributed by atoms with van der Waals surface area (Å²) in [4.78, 5) is 16.2. The minimum absolute atomic E-state index is 0.0128. The molecule has 110 valence electrons. The molecule has 1 aliphatic rings. The van der Waals surface area contributed by atoms with Crippen molar-refractivity contribution in [2.24, 2.45) is 0 Å². The number of rotatable bonds is 3. The normalized spacial score (nSPS) is 21.4. The molecular weight excluding hydrogens is 268 g/mol. The van der Waals surface area contributed by atoms with Gasteiger partial charge in [-0.25, -0.2) is 4.68 Å². The third-order valence-corrected chi connectivity index (χ3v) is 3.57. The van der Waals surface area contributed by atoms with Crippen molar-refractivity contribution in [2.75, 3.05) is 18.5 Å². The Morgan fingerprint density at radius 3 is 2.90 bits per heavy atom. The minimum atomic E-state index is -0.106. The summed E-state index contributed by atoms with van der Waals surface area (Å²) >= 11 is 0. The van der Waals surface area contributed by atoms with E-state index in [1.807, 2.05) is 26.0 Å². The molecule has 21 heavy (non-hydrogen) atoms. The van der Waals surface area contributed by atoms with E-state index in [4.69, 9.17) is 4.74 Å². The summed E-state index contributed by atoms with van der Waals surface area (Å²) in [5.41, 5.74) is 2.64. The third kappa shape index (κ3) is 2.95. The van der Waals surface area contributed by atoms with Gasteiger partial charge in [-0.15, -0.1) is 0 Å². The van der Waals surface area contributed by atoms with E-state index >= 15 is 0 Å². The summed E-state index contributed by atoms with van der Waals surface area (Å²) in [6.07, 6.45) is 1.76. The van der Waals surface area contributed by atoms with Gasteiger partial charge < -0.3 is 10.1 Å². The maximum absolute atomic E-state index is 12.0. The molecule has 0 spiro atoms. The molecule has 2 unspecified atom stereocenters. The van der Waals surface area contributed by atoms with Gasteiger partial charge in [0.2, 0.25) is 0 Å². The SMILES string of the molecule is Cc1cc(NC2COCC2n2nc(C)ccc2=O)ccn1. The van der Waals surface area contributed by atoms with Gasteiger partial charge >= 0.3 is 0 Å². The van der Waals surface area contributed by atoms with E-state index in [2.05, 4.69) is 15.4 Å². The number of aryl methyl sites for hydroxylation is 2. The third-order valence-electron chi connectivity index (χ3n) is 3.57. The van der Waals surface area contributed by atoms with Crippen LogP contribution in [-0.4, -0.2) is 34.0 Å². The number of anilines is 1. The summed E-state index contributed by atoms with van der Waals surface area (Å²) in [6, 6.07) is 7.07. The predicted octanol–water partition coefficient (Wildman–Crippen LogP) is 1.31. The Labute approximate surface area is 122 Å². The number of hydrogen-bond acceptors (Lipinski definition) is 5. The highest BCUT2D eigenvalue weighted by atomic mass is 16.5. The van der Waals surface area contributed by atoms with Crippen molar-refractivity contribution in [3.63, 3.8) is 0 Å². The average Bonchev–Trinajstić information content (AvgIpc) is 2.89. The molecule has 1 saturated heterocycles. The molecule has 0 saturated carbocycles. The Hall–Kier alpha value is -2.21. The van der Waals surface area contributed by atoms with Crippen LogP contribution in [0.1, 0.15) is 17.4 Å². The molecular formula is C15H18N4O2. The lowest BCUT2D eigenvalue weighted by atomic mass is 10.1. The summed E-state index contributed by atoms with van der Waals surface area (Å²) < 4.78 is 7.07. The molecule has 0 aliphatic carbocycles. The summed E-state index contributed by atoms with van der Waals surface area (Å²) in [6.45, 7) is 4.85. The molecule has 2 aromatic heterocycles. The standard InChI is InChI=1S/C15H18N4O2/c1-10-3-4-15(20)19(18-10)14-9-21-8-13(14)17-12-5-6-16-11(2)7-12/h3-7,13-14H,8-9H2,1-2H3,(H,16,17). The fourth-order valence-corrected chi connectivity index (χ4v) is 2.53. The van der Waals surface area contributed by atoms with Gasteiger partial charge in [0.15, 0.2) is 0 Å². The Bertz CT molecular complexity index is 698. The van der Waals surface area contributed by atoms with E-state index < -0.39 is 0 Å². The smallest absolute Gasteiger partial charge is 0.267 e. The molecule has 6 heteroatoms. The minimum Gasteiger partial charge on any atom is -0.378 e. The maximum Gasteiger partial charge on any atom is 0.267 e. The first-order valence-electron chi connectivity index (χ1n) is 6.97. The van der Waals surface area contributed by atoms with Crippen molar-refractivity contribution in [1.82, 2.24) is 14.8 Å². The first-order chi connectivity index (χ1) is 10.1. The van der Waals surface area contributed by atoms with Crippen molar-refractivity contribution in [1.29, 1.82) is 0 Å². The van der Waals surface area contributed by atoms with Gasteiger partial charge in [0.1, 0.15) is 6.04 Å². The van der Waals surface area contributed by atoms with Crippen molar-refractivity contribution >= 4 is 5.69 Å². The van der Waals surface area contributed by atoms with Crippen LogP contribution in [0.5, 0.6) is 0 Å². The lowest BCUT2D eigenvalue weighted by Crippen LogP contribution is -2.37. The van der Waals surface area contributed by atoms with Crippen LogP contribution < -0.4 is 10.9 Å². The van der Waals surface area contributed by atoms with Crippen molar-refractivity contribution in [3.8, 4) is 0 Å². The van der Waals surface area contributed by atoms with Crippen LogP contribution in [0.25, 0.3) is 0 Å². The monoisotopic (exact) mass is 286 g/mol. The predicted molar refractivity (Wildman–Crippen MR) is 79.5 cm³/mol. The molecule has 2 atom stereocenters. The second-order valence-corrected chi connectivity index (χ2v) is 5.30. The molecule has 1 fully saturated rings. The van der Waals surface area contributed by atoms with Gasteiger partial charge in [0.05, 0.1) is 24.9 Å². The molecule has 6 nitrogen and oxygen atoms in total. The first-order valence-corrected chi connectivity index (χ1v) is 6.97. The molecule has 0 aromatic carbocycles. The van der Waals surface area contributed by atoms with E-state index in [9.17, 15) is 4.79 Å². The molecule has 0 radical (unpaired) electrons. The van der Waals surface area contributed by atoms with Crippen molar-refractivity contribution in [3.05, 3.63) is 52.2 Å². The van der Waals surface area contributed by atoms with Crippen LogP contribution in [0.15, 0.2) is 35.3 Å². The van der Waals surface area contributed by atoms with Gasteiger partial charge in [-0.3, -0.25) is 9.78 Å². The van der Waals surface area contributed by atoms with E-state index in [0.717, 1.165) is 17.1 Å². The van der Waals surface area contributed by atoms with Gasteiger partial charge in [-0.2, -0.15) is 5.10 Å². The number of nitrogens with zero attached hydrogens (tertiary/aromatic N) is 3. The number of aromatic nitrogens is 3. The largest absolute Gasteiger partial charge is 0.378 e. The van der Waals surface area contributed by atoms with Gasteiger partial charge in [0, 0.05) is 23.6 Å². The number of ether oxygens (including phenoxy) is 1. The number of pyridine rings is 1. The number of hydrogen-bond donors (Lipinski definition) is 1. The zero-order valence-electron chi connectivity index (χ0n) is 12.1. The summed E-state index contributed by atoms with van der Waals surface area (Å²) in [5.74, 6) is 0. The Kier molecular flexibility index (Phi) is 3.70. The highest BCUT2D eigenvalue weighted by Gasteiger charge is 2.31. The maximum atomic E-state index is 12.0. The van der Waals surface area contributed by atoms with Crippen LogP contribution in [0, 0.1) is 13.8 Å². The van der Waals surface area contributed by atoms with Crippen LogP contribution in [-0.2, 0) is 4.74 Å². The molecule has 0 amide bonds. The van der Waals surface area contributed by atoms with Crippen molar-refractivity contribution in [2.45, 2.75) is 25.9 Å².